The maximum Gasteiger partial charge on any atom is 0.0737 e. The van der Waals surface area contributed by atoms with Crippen LogP contribution in [0.2, 0.25) is 0 Å². The maximum absolute atomic E-state index is 2.50. The molecule has 1 spiro atoms. The minimum absolute atomic E-state index is 0.307. The third kappa shape index (κ3) is 4.62. The molecule has 14 rings (SSSR count). The number of anilines is 3. The van der Waals surface area contributed by atoms with Gasteiger partial charge >= 0.3 is 0 Å². The molecule has 1 aromatic heterocycles. The summed E-state index contributed by atoms with van der Waals surface area (Å²) in [6, 6.07) is 85.4. The van der Waals surface area contributed by atoms with Gasteiger partial charge in [-0.25, -0.2) is 0 Å². The molecule has 63 heavy (non-hydrogen) atoms. The summed E-state index contributed by atoms with van der Waals surface area (Å²) in [5.74, 6) is 0. The molecule has 2 nitrogen and oxygen atoms in total. The standard InChI is InChI=1S/C61H38N2/c1-3-15-40(16-4-1)45-19-8-11-27-56(45)62(44-34-36-49-48-21-9-12-28-57(48)63(58(49)38-44)42-17-5-2-6-18-42)43-32-29-39(30-33-43)41-31-35-47-51-23-14-25-53-52-24-13-22-50-46-20-7-10-26-54(46)61(59(50)52,60(51)53)55(47)37-41/h1-38H. The van der Waals surface area contributed by atoms with Gasteiger partial charge in [-0.2, -0.15) is 0 Å². The van der Waals surface area contributed by atoms with Gasteiger partial charge in [0.05, 0.1) is 22.1 Å². The van der Waals surface area contributed by atoms with Gasteiger partial charge in [-0.1, -0.05) is 176 Å². The van der Waals surface area contributed by atoms with Gasteiger partial charge in [-0.3, -0.25) is 0 Å². The number of benzene rings is 10. The van der Waals surface area contributed by atoms with Crippen LogP contribution in [0.1, 0.15) is 22.3 Å². The van der Waals surface area contributed by atoms with E-state index in [1.165, 1.54) is 99.7 Å². The van der Waals surface area contributed by atoms with Gasteiger partial charge in [-0.15, -0.1) is 0 Å². The van der Waals surface area contributed by atoms with Crippen molar-refractivity contribution >= 4 is 38.9 Å². The highest BCUT2D eigenvalue weighted by Crippen LogP contribution is 2.70. The Hall–Kier alpha value is -8.20. The van der Waals surface area contributed by atoms with Crippen LogP contribution in [0.15, 0.2) is 231 Å². The van der Waals surface area contributed by atoms with E-state index in [1.54, 1.807) is 0 Å². The highest BCUT2D eigenvalue weighted by atomic mass is 15.1. The average molecular weight is 799 g/mol. The van der Waals surface area contributed by atoms with Gasteiger partial charge in [0.2, 0.25) is 0 Å². The first-order chi connectivity index (χ1) is 31.3. The van der Waals surface area contributed by atoms with Crippen molar-refractivity contribution in [2.45, 2.75) is 5.41 Å². The molecule has 0 radical (unpaired) electrons. The fraction of sp³-hybridized carbons (Fsp3) is 0.0164. The molecule has 292 valence electrons. The molecule has 0 N–H and O–H groups in total. The van der Waals surface area contributed by atoms with E-state index in [2.05, 4.69) is 240 Å². The Labute approximate surface area is 366 Å². The first kappa shape index (κ1) is 34.5. The summed E-state index contributed by atoms with van der Waals surface area (Å²) in [4.78, 5) is 2.44. The molecule has 0 aliphatic heterocycles. The molecule has 2 heteroatoms. The topological polar surface area (TPSA) is 8.17 Å². The van der Waals surface area contributed by atoms with Gasteiger partial charge in [0.25, 0.3) is 0 Å². The average Bonchev–Trinajstić information content (AvgIpc) is 4.05. The van der Waals surface area contributed by atoms with Crippen molar-refractivity contribution in [3.05, 3.63) is 253 Å². The second-order valence-electron chi connectivity index (χ2n) is 17.2. The van der Waals surface area contributed by atoms with Crippen molar-refractivity contribution in [3.63, 3.8) is 0 Å². The molecule has 3 aliphatic rings. The fourth-order valence-corrected chi connectivity index (χ4v) is 11.6. The van der Waals surface area contributed by atoms with Crippen molar-refractivity contribution in [1.82, 2.24) is 4.57 Å². The lowest BCUT2D eigenvalue weighted by atomic mass is 9.73. The lowest BCUT2D eigenvalue weighted by Gasteiger charge is -2.28. The summed E-state index contributed by atoms with van der Waals surface area (Å²) in [5, 5.41) is 2.48. The number of aromatic nitrogens is 1. The highest BCUT2D eigenvalue weighted by Gasteiger charge is 2.57. The lowest BCUT2D eigenvalue weighted by Crippen LogP contribution is -2.23. The quantitative estimate of drug-likeness (QED) is 0.163. The summed E-state index contributed by atoms with van der Waals surface area (Å²) >= 11 is 0. The Morgan fingerprint density at radius 3 is 1.63 bits per heavy atom. The van der Waals surface area contributed by atoms with Crippen LogP contribution in [-0.4, -0.2) is 4.57 Å². The van der Waals surface area contributed by atoms with E-state index in [1.807, 2.05) is 0 Å². The molecule has 0 saturated carbocycles. The van der Waals surface area contributed by atoms with Crippen molar-refractivity contribution in [2.75, 3.05) is 4.90 Å². The highest BCUT2D eigenvalue weighted by molar-refractivity contribution is 6.11. The predicted octanol–water partition coefficient (Wildman–Crippen LogP) is 15.9. The zero-order chi connectivity index (χ0) is 41.2. The maximum atomic E-state index is 2.50. The van der Waals surface area contributed by atoms with Crippen LogP contribution in [0, 0.1) is 0 Å². The Morgan fingerprint density at radius 1 is 0.317 bits per heavy atom. The van der Waals surface area contributed by atoms with E-state index in [9.17, 15) is 0 Å². The number of para-hydroxylation sites is 3. The van der Waals surface area contributed by atoms with E-state index in [0.717, 1.165) is 22.7 Å². The van der Waals surface area contributed by atoms with Crippen LogP contribution >= 0.6 is 0 Å². The molecule has 0 saturated heterocycles. The van der Waals surface area contributed by atoms with Gasteiger partial charge < -0.3 is 9.47 Å². The normalized spacial score (nSPS) is 14.7. The number of nitrogens with zero attached hydrogens (tertiary/aromatic N) is 2. The molecule has 0 amide bonds. The molecule has 3 aliphatic carbocycles. The molecule has 1 atom stereocenters. The minimum Gasteiger partial charge on any atom is -0.310 e. The molecule has 0 bridgehead atoms. The second-order valence-corrected chi connectivity index (χ2v) is 17.2. The SMILES string of the molecule is c1ccc(-c2ccccc2N(c2ccc(-c3ccc4c(c3)C35c6ccccc6-c6cccc(c63)-c3cccc-4c35)cc2)c2ccc3c4ccccc4n(-c4ccccc4)c3c2)cc1. The smallest absolute Gasteiger partial charge is 0.0737 e. The van der Waals surface area contributed by atoms with Crippen LogP contribution in [-0.2, 0) is 5.41 Å². The van der Waals surface area contributed by atoms with Gasteiger partial charge in [0.1, 0.15) is 0 Å². The summed E-state index contributed by atoms with van der Waals surface area (Å²) in [6.45, 7) is 0. The number of hydrogen-bond acceptors (Lipinski definition) is 1. The van der Waals surface area contributed by atoms with Crippen LogP contribution in [0.5, 0.6) is 0 Å². The van der Waals surface area contributed by atoms with E-state index in [4.69, 9.17) is 0 Å². The predicted molar refractivity (Wildman–Crippen MR) is 262 cm³/mol. The molecular weight excluding hydrogens is 761 g/mol. The van der Waals surface area contributed by atoms with Crippen molar-refractivity contribution < 1.29 is 0 Å². The van der Waals surface area contributed by atoms with Gasteiger partial charge in [0.15, 0.2) is 0 Å². The van der Waals surface area contributed by atoms with Crippen molar-refractivity contribution in [2.24, 2.45) is 0 Å². The lowest BCUT2D eigenvalue weighted by molar-refractivity contribution is 0.818. The van der Waals surface area contributed by atoms with E-state index in [0.29, 0.717) is 0 Å². The van der Waals surface area contributed by atoms with Gasteiger partial charge in [-0.05, 0) is 127 Å². The van der Waals surface area contributed by atoms with Crippen molar-refractivity contribution in [1.29, 1.82) is 0 Å². The van der Waals surface area contributed by atoms with Crippen molar-refractivity contribution in [3.8, 4) is 61.3 Å². The van der Waals surface area contributed by atoms with Crippen LogP contribution in [0.25, 0.3) is 83.1 Å². The van der Waals surface area contributed by atoms with Crippen LogP contribution in [0.3, 0.4) is 0 Å². The Balaban J connectivity index is 0.945. The summed E-state index contributed by atoms with van der Waals surface area (Å²) < 4.78 is 2.40. The molecule has 1 unspecified atom stereocenters. The summed E-state index contributed by atoms with van der Waals surface area (Å²) in [7, 11) is 0. The third-order valence-electron chi connectivity index (χ3n) is 14.1. The van der Waals surface area contributed by atoms with Crippen LogP contribution in [0.4, 0.5) is 17.1 Å². The minimum atomic E-state index is -0.307. The summed E-state index contributed by atoms with van der Waals surface area (Å²) in [5.41, 5.74) is 25.2. The summed E-state index contributed by atoms with van der Waals surface area (Å²) in [6.07, 6.45) is 0. The molecule has 11 aromatic rings. The Morgan fingerprint density at radius 2 is 0.873 bits per heavy atom. The van der Waals surface area contributed by atoms with E-state index in [-0.39, 0.29) is 5.41 Å². The second kappa shape index (κ2) is 12.9. The number of hydrogen-bond donors (Lipinski definition) is 0. The number of fused-ring (bicyclic) bond motifs is 8. The first-order valence-electron chi connectivity index (χ1n) is 21.9. The monoisotopic (exact) mass is 798 g/mol. The molecular formula is C61H38N2. The molecule has 0 fully saturated rings. The number of rotatable bonds is 6. The van der Waals surface area contributed by atoms with E-state index >= 15 is 0 Å². The fourth-order valence-electron chi connectivity index (χ4n) is 11.6. The van der Waals surface area contributed by atoms with E-state index < -0.39 is 0 Å². The zero-order valence-corrected chi connectivity index (χ0v) is 34.3. The zero-order valence-electron chi connectivity index (χ0n) is 34.3. The molecule has 10 aromatic carbocycles. The molecule has 1 heterocycles. The first-order valence-corrected chi connectivity index (χ1v) is 21.9. The Kier molecular flexibility index (Phi) is 7.07. The Bertz CT molecular complexity index is 3640. The third-order valence-corrected chi connectivity index (χ3v) is 14.1. The largest absolute Gasteiger partial charge is 0.310 e. The van der Waals surface area contributed by atoms with Crippen LogP contribution < -0.4 is 4.90 Å². The van der Waals surface area contributed by atoms with Gasteiger partial charge in [0, 0.05) is 33.4 Å².